The van der Waals surface area contributed by atoms with Crippen molar-refractivity contribution in [1.29, 1.82) is 0 Å². The van der Waals surface area contributed by atoms with E-state index in [4.69, 9.17) is 21.8 Å². The zero-order valence-corrected chi connectivity index (χ0v) is 11.1. The van der Waals surface area contributed by atoms with Gasteiger partial charge in [0.25, 0.3) is 5.91 Å². The molecule has 5 heteroatoms. The lowest BCUT2D eigenvalue weighted by atomic mass is 10.1. The van der Waals surface area contributed by atoms with Crippen LogP contribution in [0.3, 0.4) is 0 Å². The second-order valence-electron chi connectivity index (χ2n) is 4.11. The molecular weight excluding hydrogens is 264 g/mol. The maximum atomic E-state index is 11.8. The molecule has 0 radical (unpaired) electrons. The Morgan fingerprint density at radius 2 is 2.16 bits per heavy atom. The molecule has 0 aliphatic rings. The van der Waals surface area contributed by atoms with Crippen LogP contribution in [-0.2, 0) is 13.0 Å². The molecule has 3 N–H and O–H groups in total. The Balaban J connectivity index is 1.84. The van der Waals surface area contributed by atoms with E-state index < -0.39 is 0 Å². The van der Waals surface area contributed by atoms with E-state index >= 15 is 0 Å². The number of carbonyl (C=O) groups is 1. The first-order valence-corrected chi connectivity index (χ1v) is 6.38. The van der Waals surface area contributed by atoms with E-state index in [0.717, 1.165) is 12.0 Å². The molecule has 0 fully saturated rings. The van der Waals surface area contributed by atoms with E-state index in [0.29, 0.717) is 17.3 Å². The minimum Gasteiger partial charge on any atom is -0.455 e. The molecular formula is C14H15ClN2O2. The number of amides is 1. The molecule has 0 aliphatic heterocycles. The Kier molecular flexibility index (Phi) is 4.60. The topological polar surface area (TPSA) is 68.3 Å². The number of nitrogens with two attached hydrogens (primary N) is 1. The molecule has 1 amide bonds. The van der Waals surface area contributed by atoms with Gasteiger partial charge >= 0.3 is 0 Å². The van der Waals surface area contributed by atoms with Gasteiger partial charge in [-0.1, -0.05) is 23.7 Å². The number of halogens is 1. The third-order valence-corrected chi connectivity index (χ3v) is 2.91. The van der Waals surface area contributed by atoms with Crippen LogP contribution in [0.4, 0.5) is 0 Å². The van der Waals surface area contributed by atoms with E-state index in [2.05, 4.69) is 5.32 Å². The van der Waals surface area contributed by atoms with Crippen molar-refractivity contribution >= 4 is 17.5 Å². The van der Waals surface area contributed by atoms with E-state index in [-0.39, 0.29) is 18.2 Å². The number of hydrogen-bond acceptors (Lipinski definition) is 3. The summed E-state index contributed by atoms with van der Waals surface area (Å²) in [6.07, 6.45) is 0.719. The van der Waals surface area contributed by atoms with Crippen LogP contribution >= 0.6 is 11.6 Å². The third-order valence-electron chi connectivity index (χ3n) is 2.67. The zero-order valence-electron chi connectivity index (χ0n) is 10.4. The molecule has 1 aromatic carbocycles. The molecule has 0 unspecified atom stereocenters. The van der Waals surface area contributed by atoms with Crippen LogP contribution in [0.1, 0.15) is 21.9 Å². The number of hydrogen-bond donors (Lipinski definition) is 2. The van der Waals surface area contributed by atoms with Crippen LogP contribution < -0.4 is 11.1 Å². The fourth-order valence-electron chi connectivity index (χ4n) is 1.71. The highest BCUT2D eigenvalue weighted by Gasteiger charge is 2.09. The van der Waals surface area contributed by atoms with Crippen LogP contribution in [0.5, 0.6) is 0 Å². The number of nitrogens with one attached hydrogen (secondary N) is 1. The van der Waals surface area contributed by atoms with E-state index in [1.54, 1.807) is 12.1 Å². The van der Waals surface area contributed by atoms with E-state index in [1.807, 2.05) is 24.3 Å². The Morgan fingerprint density at radius 1 is 1.32 bits per heavy atom. The summed E-state index contributed by atoms with van der Waals surface area (Å²) >= 11 is 5.89. The number of rotatable bonds is 5. The second kappa shape index (κ2) is 6.41. The van der Waals surface area contributed by atoms with Gasteiger partial charge in [0.05, 0.1) is 6.54 Å². The minimum absolute atomic E-state index is 0.235. The summed E-state index contributed by atoms with van der Waals surface area (Å²) in [5.74, 6) is 0.647. The molecule has 100 valence electrons. The average molecular weight is 279 g/mol. The van der Waals surface area contributed by atoms with Crippen LogP contribution in [0.2, 0.25) is 5.02 Å². The normalized spacial score (nSPS) is 10.4. The van der Waals surface area contributed by atoms with E-state index in [1.165, 1.54) is 0 Å². The van der Waals surface area contributed by atoms with Crippen molar-refractivity contribution in [2.24, 2.45) is 5.73 Å². The highest BCUT2D eigenvalue weighted by atomic mass is 35.5. The first-order valence-electron chi connectivity index (χ1n) is 6.00. The van der Waals surface area contributed by atoms with Gasteiger partial charge in [-0.2, -0.15) is 0 Å². The lowest BCUT2D eigenvalue weighted by molar-refractivity contribution is 0.0924. The lowest BCUT2D eigenvalue weighted by Crippen LogP contribution is -2.25. The summed E-state index contributed by atoms with van der Waals surface area (Å²) in [6, 6.07) is 10.9. The fraction of sp³-hybridized carbons (Fsp3) is 0.214. The largest absolute Gasteiger partial charge is 0.455 e. The highest BCUT2D eigenvalue weighted by Crippen LogP contribution is 2.11. The molecule has 0 bridgehead atoms. The van der Waals surface area contributed by atoms with Gasteiger partial charge < -0.3 is 15.5 Å². The van der Waals surface area contributed by atoms with Crippen molar-refractivity contribution in [3.63, 3.8) is 0 Å². The molecule has 0 spiro atoms. The smallest absolute Gasteiger partial charge is 0.287 e. The van der Waals surface area contributed by atoms with Crippen molar-refractivity contribution in [3.8, 4) is 0 Å². The molecule has 19 heavy (non-hydrogen) atoms. The maximum absolute atomic E-state index is 11.8. The third kappa shape index (κ3) is 3.84. The quantitative estimate of drug-likeness (QED) is 0.882. The van der Waals surface area contributed by atoms with E-state index in [9.17, 15) is 4.79 Å². The molecule has 1 heterocycles. The van der Waals surface area contributed by atoms with Crippen molar-refractivity contribution in [2.75, 3.05) is 6.54 Å². The first-order chi connectivity index (χ1) is 9.19. The van der Waals surface area contributed by atoms with Crippen LogP contribution in [-0.4, -0.2) is 12.5 Å². The van der Waals surface area contributed by atoms with Crippen molar-refractivity contribution in [2.45, 2.75) is 13.0 Å². The Morgan fingerprint density at radius 3 is 2.84 bits per heavy atom. The van der Waals surface area contributed by atoms with Gasteiger partial charge in [-0.25, -0.2) is 0 Å². The molecule has 2 rings (SSSR count). The molecule has 0 saturated heterocycles. The van der Waals surface area contributed by atoms with Gasteiger partial charge in [0.15, 0.2) is 5.76 Å². The second-order valence-corrected chi connectivity index (χ2v) is 4.54. The van der Waals surface area contributed by atoms with Crippen molar-refractivity contribution < 1.29 is 9.21 Å². The summed E-state index contributed by atoms with van der Waals surface area (Å²) in [5, 5.41) is 3.48. The molecule has 0 aliphatic carbocycles. The molecule has 1 aromatic heterocycles. The van der Waals surface area contributed by atoms with Gasteiger partial charge in [-0.3, -0.25) is 4.79 Å². The van der Waals surface area contributed by atoms with Gasteiger partial charge in [0.1, 0.15) is 5.76 Å². The standard InChI is InChI=1S/C14H15ClN2O2/c15-11-3-1-2-10(8-11)6-7-17-14(18)13-5-4-12(9-16)19-13/h1-5,8H,6-7,9,16H2,(H,17,18). The summed E-state index contributed by atoms with van der Waals surface area (Å²) in [4.78, 5) is 11.8. The van der Waals surface area contributed by atoms with Crippen LogP contribution in [0.25, 0.3) is 0 Å². The predicted molar refractivity (Wildman–Crippen MR) is 74.1 cm³/mol. The Labute approximate surface area is 116 Å². The average Bonchev–Trinajstić information content (AvgIpc) is 2.87. The van der Waals surface area contributed by atoms with Gasteiger partial charge in [-0.15, -0.1) is 0 Å². The number of carbonyl (C=O) groups excluding carboxylic acids is 1. The van der Waals surface area contributed by atoms with Gasteiger partial charge in [-0.05, 0) is 36.2 Å². The highest BCUT2D eigenvalue weighted by molar-refractivity contribution is 6.30. The maximum Gasteiger partial charge on any atom is 0.287 e. The molecule has 2 aromatic rings. The Bertz CT molecular complexity index is 566. The zero-order chi connectivity index (χ0) is 13.7. The summed E-state index contributed by atoms with van der Waals surface area (Å²) < 4.78 is 5.26. The Hall–Kier alpha value is -1.78. The lowest BCUT2D eigenvalue weighted by Gasteiger charge is -2.04. The van der Waals surface area contributed by atoms with Gasteiger partial charge in [0.2, 0.25) is 0 Å². The molecule has 0 atom stereocenters. The summed E-state index contributed by atoms with van der Waals surface area (Å²) in [5.41, 5.74) is 6.49. The van der Waals surface area contributed by atoms with Crippen molar-refractivity contribution in [1.82, 2.24) is 5.32 Å². The number of furan rings is 1. The van der Waals surface area contributed by atoms with Gasteiger partial charge in [0, 0.05) is 11.6 Å². The molecule has 0 saturated carbocycles. The van der Waals surface area contributed by atoms with Crippen LogP contribution in [0.15, 0.2) is 40.8 Å². The van der Waals surface area contributed by atoms with Crippen LogP contribution in [0, 0.1) is 0 Å². The summed E-state index contributed by atoms with van der Waals surface area (Å²) in [7, 11) is 0. The number of benzene rings is 1. The first kappa shape index (κ1) is 13.6. The SMILES string of the molecule is NCc1ccc(C(=O)NCCc2cccc(Cl)c2)o1. The monoisotopic (exact) mass is 278 g/mol. The fourth-order valence-corrected chi connectivity index (χ4v) is 1.92. The molecule has 4 nitrogen and oxygen atoms in total. The summed E-state index contributed by atoms with van der Waals surface area (Å²) in [6.45, 7) is 0.813. The minimum atomic E-state index is -0.235. The predicted octanol–water partition coefficient (Wildman–Crippen LogP) is 2.36. The van der Waals surface area contributed by atoms with Crippen molar-refractivity contribution in [3.05, 3.63) is 58.5 Å².